The number of likely N-dealkylation sites (tertiary alicyclic amines) is 1. The van der Waals surface area contributed by atoms with Crippen LogP contribution in [0.1, 0.15) is 24.0 Å². The van der Waals surface area contributed by atoms with Crippen molar-refractivity contribution in [1.82, 2.24) is 10.2 Å². The molecule has 1 aliphatic heterocycles. The zero-order chi connectivity index (χ0) is 17.9. The Labute approximate surface area is 156 Å². The van der Waals surface area contributed by atoms with Crippen LogP contribution in [0.3, 0.4) is 0 Å². The van der Waals surface area contributed by atoms with Crippen LogP contribution < -0.4 is 14.8 Å². The van der Waals surface area contributed by atoms with Crippen LogP contribution in [0.2, 0.25) is 0 Å². The number of nitrogens with one attached hydrogen (secondary N) is 1. The van der Waals surface area contributed by atoms with E-state index in [1.807, 2.05) is 12.1 Å². The zero-order valence-corrected chi connectivity index (χ0v) is 15.7. The Kier molecular flexibility index (Phi) is 5.14. The predicted molar refractivity (Wildman–Crippen MR) is 104 cm³/mol. The second kappa shape index (κ2) is 7.68. The van der Waals surface area contributed by atoms with Crippen molar-refractivity contribution in [1.29, 1.82) is 0 Å². The molecular weight excluding hydrogens is 324 g/mol. The van der Waals surface area contributed by atoms with Crippen LogP contribution in [0.15, 0.2) is 48.5 Å². The molecular formula is C22H28N2O2. The number of fused-ring (bicyclic) bond motifs is 2. The molecule has 2 aromatic carbocycles. The normalized spacial score (nSPS) is 24.8. The Hall–Kier alpha value is -2.04. The fourth-order valence-corrected chi connectivity index (χ4v) is 4.64. The number of hydrogen-bond acceptors (Lipinski definition) is 4. The highest BCUT2D eigenvalue weighted by Crippen LogP contribution is 2.39. The first-order chi connectivity index (χ1) is 12.8. The monoisotopic (exact) mass is 352 g/mol. The van der Waals surface area contributed by atoms with E-state index in [0.717, 1.165) is 30.5 Å². The number of nitrogens with zero attached hydrogens (tertiary/aromatic N) is 1. The summed E-state index contributed by atoms with van der Waals surface area (Å²) in [7, 11) is 3.41. The summed E-state index contributed by atoms with van der Waals surface area (Å²) in [6.07, 6.45) is 2.64. The molecule has 1 aliphatic carbocycles. The molecule has 4 nitrogen and oxygen atoms in total. The molecule has 4 rings (SSSR count). The van der Waals surface area contributed by atoms with Gasteiger partial charge in [0.15, 0.2) is 0 Å². The summed E-state index contributed by atoms with van der Waals surface area (Å²) in [5.41, 5.74) is 2.60. The van der Waals surface area contributed by atoms with Gasteiger partial charge in [-0.2, -0.15) is 0 Å². The summed E-state index contributed by atoms with van der Waals surface area (Å²) >= 11 is 0. The van der Waals surface area contributed by atoms with Crippen LogP contribution >= 0.6 is 0 Å². The molecule has 0 aromatic heterocycles. The van der Waals surface area contributed by atoms with Crippen LogP contribution in [0.25, 0.3) is 0 Å². The molecule has 2 aliphatic rings. The van der Waals surface area contributed by atoms with Gasteiger partial charge >= 0.3 is 0 Å². The molecule has 2 fully saturated rings. The Morgan fingerprint density at radius 1 is 1.04 bits per heavy atom. The summed E-state index contributed by atoms with van der Waals surface area (Å²) in [5.74, 6) is 2.48. The minimum absolute atomic E-state index is 0.575. The van der Waals surface area contributed by atoms with Crippen molar-refractivity contribution in [2.75, 3.05) is 20.8 Å². The highest BCUT2D eigenvalue weighted by molar-refractivity contribution is 5.40. The Balaban J connectivity index is 1.40. The van der Waals surface area contributed by atoms with Crippen molar-refractivity contribution in [3.63, 3.8) is 0 Å². The molecule has 0 spiro atoms. The van der Waals surface area contributed by atoms with Crippen LogP contribution in [-0.4, -0.2) is 37.7 Å². The van der Waals surface area contributed by atoms with E-state index in [1.165, 1.54) is 30.5 Å². The molecule has 0 radical (unpaired) electrons. The van der Waals surface area contributed by atoms with Crippen molar-refractivity contribution in [2.24, 2.45) is 5.92 Å². The van der Waals surface area contributed by atoms with Crippen molar-refractivity contribution in [3.05, 3.63) is 59.7 Å². The summed E-state index contributed by atoms with van der Waals surface area (Å²) in [6, 6.07) is 18.1. The Morgan fingerprint density at radius 2 is 1.88 bits per heavy atom. The molecule has 2 bridgehead atoms. The average Bonchev–Trinajstić information content (AvgIpc) is 3.23. The highest BCUT2D eigenvalue weighted by atomic mass is 16.5. The highest BCUT2D eigenvalue weighted by Gasteiger charge is 2.46. The van der Waals surface area contributed by atoms with Gasteiger partial charge in [-0.15, -0.1) is 0 Å². The second-order valence-electron chi connectivity index (χ2n) is 7.40. The van der Waals surface area contributed by atoms with E-state index in [1.54, 1.807) is 14.2 Å². The van der Waals surface area contributed by atoms with Crippen molar-refractivity contribution in [2.45, 2.75) is 38.0 Å². The van der Waals surface area contributed by atoms with Gasteiger partial charge < -0.3 is 14.8 Å². The summed E-state index contributed by atoms with van der Waals surface area (Å²) in [6.45, 7) is 3.10. The van der Waals surface area contributed by atoms with Crippen LogP contribution in [0, 0.1) is 5.92 Å². The Bertz CT molecular complexity index is 734. The standard InChI is InChI=1S/C22H28N2O2/c1-25-19-10-8-17(21(12-19)26-2)13-23-22-18-9-11-20(22)24(15-18)14-16-6-4-3-5-7-16/h3-8,10,12,18,20,22-23H,9,11,13-15H2,1-2H3. The van der Waals surface area contributed by atoms with Gasteiger partial charge in [0.1, 0.15) is 11.5 Å². The number of piperidine rings is 1. The predicted octanol–water partition coefficient (Wildman–Crippen LogP) is 3.46. The molecule has 3 atom stereocenters. The number of ether oxygens (including phenoxy) is 2. The molecule has 4 heteroatoms. The number of benzene rings is 2. The minimum Gasteiger partial charge on any atom is -0.497 e. The smallest absolute Gasteiger partial charge is 0.127 e. The lowest BCUT2D eigenvalue weighted by Gasteiger charge is -2.27. The topological polar surface area (TPSA) is 33.7 Å². The van der Waals surface area contributed by atoms with Crippen molar-refractivity contribution >= 4 is 0 Å². The molecule has 1 heterocycles. The van der Waals surface area contributed by atoms with Crippen LogP contribution in [0.4, 0.5) is 0 Å². The first-order valence-electron chi connectivity index (χ1n) is 9.50. The molecule has 138 valence electrons. The van der Waals surface area contributed by atoms with Crippen LogP contribution in [-0.2, 0) is 13.1 Å². The lowest BCUT2D eigenvalue weighted by Crippen LogP contribution is -2.40. The first-order valence-corrected chi connectivity index (χ1v) is 9.50. The molecule has 1 N–H and O–H groups in total. The van der Waals surface area contributed by atoms with Crippen LogP contribution in [0.5, 0.6) is 11.5 Å². The van der Waals surface area contributed by atoms with E-state index in [9.17, 15) is 0 Å². The van der Waals surface area contributed by atoms with Crippen molar-refractivity contribution in [3.8, 4) is 11.5 Å². The van der Waals surface area contributed by atoms with E-state index in [-0.39, 0.29) is 0 Å². The van der Waals surface area contributed by atoms with Gasteiger partial charge in [-0.25, -0.2) is 0 Å². The lowest BCUT2D eigenvalue weighted by molar-refractivity contribution is 0.200. The quantitative estimate of drug-likeness (QED) is 0.827. The third kappa shape index (κ3) is 3.44. The van der Waals surface area contributed by atoms with Gasteiger partial charge in [-0.05, 0) is 30.4 Å². The van der Waals surface area contributed by atoms with E-state index in [2.05, 4.69) is 46.6 Å². The van der Waals surface area contributed by atoms with Gasteiger partial charge in [0.2, 0.25) is 0 Å². The summed E-state index contributed by atoms with van der Waals surface area (Å²) < 4.78 is 10.8. The molecule has 3 unspecified atom stereocenters. The van der Waals surface area contributed by atoms with Crippen molar-refractivity contribution < 1.29 is 9.47 Å². The number of hydrogen-bond donors (Lipinski definition) is 1. The zero-order valence-electron chi connectivity index (χ0n) is 15.7. The maximum absolute atomic E-state index is 5.54. The summed E-state index contributed by atoms with van der Waals surface area (Å²) in [5, 5.41) is 3.83. The first kappa shape index (κ1) is 17.4. The minimum atomic E-state index is 0.575. The summed E-state index contributed by atoms with van der Waals surface area (Å²) in [4.78, 5) is 2.66. The van der Waals surface area contributed by atoms with Gasteiger partial charge in [0, 0.05) is 43.3 Å². The van der Waals surface area contributed by atoms with E-state index in [4.69, 9.17) is 9.47 Å². The fourth-order valence-electron chi connectivity index (χ4n) is 4.64. The Morgan fingerprint density at radius 3 is 2.65 bits per heavy atom. The fraction of sp³-hybridized carbons (Fsp3) is 0.455. The molecule has 0 amide bonds. The third-order valence-electron chi connectivity index (χ3n) is 5.94. The number of methoxy groups -OCH3 is 2. The van der Waals surface area contributed by atoms with Gasteiger partial charge in [-0.1, -0.05) is 36.4 Å². The van der Waals surface area contributed by atoms with E-state index in [0.29, 0.717) is 12.1 Å². The average molecular weight is 352 g/mol. The largest absolute Gasteiger partial charge is 0.497 e. The second-order valence-corrected chi connectivity index (χ2v) is 7.40. The molecule has 2 aromatic rings. The maximum atomic E-state index is 5.54. The third-order valence-corrected chi connectivity index (χ3v) is 5.94. The van der Waals surface area contributed by atoms with E-state index >= 15 is 0 Å². The van der Waals surface area contributed by atoms with Gasteiger partial charge in [-0.3, -0.25) is 4.90 Å². The number of rotatable bonds is 7. The molecule has 1 saturated carbocycles. The lowest BCUT2D eigenvalue weighted by atomic mass is 10.1. The van der Waals surface area contributed by atoms with Gasteiger partial charge in [0.05, 0.1) is 14.2 Å². The SMILES string of the molecule is COc1ccc(CNC2C3CCC2N(Cc2ccccc2)C3)c(OC)c1. The molecule has 26 heavy (non-hydrogen) atoms. The van der Waals surface area contributed by atoms with Gasteiger partial charge in [0.25, 0.3) is 0 Å². The molecule has 1 saturated heterocycles. The maximum Gasteiger partial charge on any atom is 0.127 e. The van der Waals surface area contributed by atoms with E-state index < -0.39 is 0 Å².